The summed E-state index contributed by atoms with van der Waals surface area (Å²) < 4.78 is 5.04. The van der Waals surface area contributed by atoms with Crippen LogP contribution in [0.3, 0.4) is 0 Å². The van der Waals surface area contributed by atoms with Crippen LogP contribution < -0.4 is 5.32 Å². The van der Waals surface area contributed by atoms with E-state index in [0.29, 0.717) is 13.2 Å². The van der Waals surface area contributed by atoms with Crippen molar-refractivity contribution in [2.45, 2.75) is 20.5 Å². The highest BCUT2D eigenvalue weighted by molar-refractivity contribution is 5.74. The van der Waals surface area contributed by atoms with E-state index in [9.17, 15) is 4.79 Å². The van der Waals surface area contributed by atoms with Gasteiger partial charge in [0.25, 0.3) is 0 Å². The minimum atomic E-state index is -0.807. The van der Waals surface area contributed by atoms with Crippen molar-refractivity contribution in [2.75, 3.05) is 19.0 Å². The zero-order valence-corrected chi connectivity index (χ0v) is 10.5. The van der Waals surface area contributed by atoms with Crippen LogP contribution >= 0.6 is 0 Å². The molecule has 0 amide bonds. The largest absolute Gasteiger partial charge is 0.481 e. The van der Waals surface area contributed by atoms with Gasteiger partial charge in [0, 0.05) is 19.3 Å². The van der Waals surface area contributed by atoms with Gasteiger partial charge >= 0.3 is 5.97 Å². The summed E-state index contributed by atoms with van der Waals surface area (Å²) in [7, 11) is 1.65. The molecule has 4 nitrogen and oxygen atoms in total. The molecule has 0 aliphatic carbocycles. The van der Waals surface area contributed by atoms with Gasteiger partial charge in [0.2, 0.25) is 0 Å². The Morgan fingerprint density at radius 1 is 1.47 bits per heavy atom. The summed E-state index contributed by atoms with van der Waals surface area (Å²) in [6, 6.07) is 7.76. The maximum Gasteiger partial charge on any atom is 0.310 e. The van der Waals surface area contributed by atoms with E-state index >= 15 is 0 Å². The molecule has 0 aliphatic heterocycles. The van der Waals surface area contributed by atoms with Crippen LogP contribution in [-0.4, -0.2) is 24.7 Å². The Balaban J connectivity index is 2.63. The van der Waals surface area contributed by atoms with Crippen molar-refractivity contribution in [1.82, 2.24) is 0 Å². The normalized spacial score (nSPS) is 11.2. The quantitative estimate of drug-likeness (QED) is 0.797. The number of aliphatic carboxylic acids is 1. The SMILES string of the molecule is COCc1cccc(NCC(C)(C)C(=O)O)c1. The molecule has 4 heteroatoms. The predicted molar refractivity (Wildman–Crippen MR) is 67.1 cm³/mol. The molecule has 0 heterocycles. The topological polar surface area (TPSA) is 58.6 Å². The Hall–Kier alpha value is -1.55. The number of carboxylic acids is 1. The lowest BCUT2D eigenvalue weighted by atomic mass is 9.94. The second kappa shape index (κ2) is 5.68. The van der Waals surface area contributed by atoms with Gasteiger partial charge in [-0.25, -0.2) is 0 Å². The summed E-state index contributed by atoms with van der Waals surface area (Å²) >= 11 is 0. The van der Waals surface area contributed by atoms with E-state index in [1.54, 1.807) is 21.0 Å². The van der Waals surface area contributed by atoms with Gasteiger partial charge in [0.1, 0.15) is 0 Å². The Kier molecular flexibility index (Phi) is 4.52. The molecule has 0 unspecified atom stereocenters. The summed E-state index contributed by atoms with van der Waals surface area (Å²) in [5.74, 6) is -0.807. The van der Waals surface area contributed by atoms with Crippen LogP contribution in [0.25, 0.3) is 0 Å². The molecule has 94 valence electrons. The molecular formula is C13H19NO3. The minimum Gasteiger partial charge on any atom is -0.481 e. The van der Waals surface area contributed by atoms with Crippen LogP contribution in [0.15, 0.2) is 24.3 Å². The molecule has 0 saturated heterocycles. The second-order valence-corrected chi connectivity index (χ2v) is 4.68. The van der Waals surface area contributed by atoms with Crippen molar-refractivity contribution in [3.8, 4) is 0 Å². The molecule has 0 aliphatic rings. The van der Waals surface area contributed by atoms with Crippen LogP contribution in [0.1, 0.15) is 19.4 Å². The average molecular weight is 237 g/mol. The third kappa shape index (κ3) is 4.07. The van der Waals surface area contributed by atoms with Crippen LogP contribution in [0, 0.1) is 5.41 Å². The van der Waals surface area contributed by atoms with E-state index in [1.807, 2.05) is 24.3 Å². The van der Waals surface area contributed by atoms with Gasteiger partial charge in [-0.2, -0.15) is 0 Å². The lowest BCUT2D eigenvalue weighted by Crippen LogP contribution is -2.31. The number of carbonyl (C=O) groups is 1. The van der Waals surface area contributed by atoms with Crippen molar-refractivity contribution >= 4 is 11.7 Å². The highest BCUT2D eigenvalue weighted by atomic mass is 16.5. The van der Waals surface area contributed by atoms with Gasteiger partial charge in [0.15, 0.2) is 0 Å². The van der Waals surface area contributed by atoms with E-state index < -0.39 is 11.4 Å². The molecule has 0 spiro atoms. The van der Waals surface area contributed by atoms with E-state index in [-0.39, 0.29) is 0 Å². The molecular weight excluding hydrogens is 218 g/mol. The van der Waals surface area contributed by atoms with Gasteiger partial charge in [-0.3, -0.25) is 4.79 Å². The number of nitrogens with one attached hydrogen (secondary N) is 1. The van der Waals surface area contributed by atoms with Crippen LogP contribution in [0.5, 0.6) is 0 Å². The fraction of sp³-hybridized carbons (Fsp3) is 0.462. The zero-order chi connectivity index (χ0) is 12.9. The maximum absolute atomic E-state index is 11.0. The summed E-state index contributed by atoms with van der Waals surface area (Å²) in [5.41, 5.74) is 1.19. The first-order valence-corrected chi connectivity index (χ1v) is 5.51. The van der Waals surface area contributed by atoms with Crippen molar-refractivity contribution in [3.63, 3.8) is 0 Å². The first-order valence-electron chi connectivity index (χ1n) is 5.51. The van der Waals surface area contributed by atoms with E-state index in [1.165, 1.54) is 0 Å². The number of hydrogen-bond acceptors (Lipinski definition) is 3. The standard InChI is InChI=1S/C13H19NO3/c1-13(2,12(15)16)9-14-11-6-4-5-10(7-11)8-17-3/h4-7,14H,8-9H2,1-3H3,(H,15,16). The second-order valence-electron chi connectivity index (χ2n) is 4.68. The minimum absolute atomic E-state index is 0.388. The molecule has 0 bridgehead atoms. The third-order valence-electron chi connectivity index (χ3n) is 2.55. The van der Waals surface area contributed by atoms with Crippen molar-refractivity contribution in [2.24, 2.45) is 5.41 Å². The number of ether oxygens (including phenoxy) is 1. The Labute approximate surface area is 102 Å². The van der Waals surface area contributed by atoms with Gasteiger partial charge < -0.3 is 15.2 Å². The van der Waals surface area contributed by atoms with E-state index in [0.717, 1.165) is 11.3 Å². The molecule has 0 aromatic heterocycles. The Morgan fingerprint density at radius 3 is 2.76 bits per heavy atom. The lowest BCUT2D eigenvalue weighted by molar-refractivity contribution is -0.146. The Bertz CT molecular complexity index is 388. The fourth-order valence-corrected chi connectivity index (χ4v) is 1.34. The smallest absolute Gasteiger partial charge is 0.310 e. The van der Waals surface area contributed by atoms with Crippen LogP contribution in [-0.2, 0) is 16.1 Å². The average Bonchev–Trinajstić information content (AvgIpc) is 2.27. The molecule has 17 heavy (non-hydrogen) atoms. The number of hydrogen-bond donors (Lipinski definition) is 2. The monoisotopic (exact) mass is 237 g/mol. The van der Waals surface area contributed by atoms with Crippen LogP contribution in [0.4, 0.5) is 5.69 Å². The molecule has 0 saturated carbocycles. The molecule has 0 atom stereocenters. The van der Waals surface area contributed by atoms with Gasteiger partial charge in [-0.05, 0) is 31.5 Å². The summed E-state index contributed by atoms with van der Waals surface area (Å²) in [6.45, 7) is 4.33. The van der Waals surface area contributed by atoms with Crippen molar-refractivity contribution in [3.05, 3.63) is 29.8 Å². The summed E-state index contributed by atoms with van der Waals surface area (Å²) in [6.07, 6.45) is 0. The van der Waals surface area contributed by atoms with Crippen molar-refractivity contribution in [1.29, 1.82) is 0 Å². The zero-order valence-electron chi connectivity index (χ0n) is 10.5. The number of benzene rings is 1. The van der Waals surface area contributed by atoms with Gasteiger partial charge in [-0.1, -0.05) is 12.1 Å². The Morgan fingerprint density at radius 2 is 2.18 bits per heavy atom. The lowest BCUT2D eigenvalue weighted by Gasteiger charge is -2.20. The summed E-state index contributed by atoms with van der Waals surface area (Å²) in [4.78, 5) is 11.0. The molecule has 2 N–H and O–H groups in total. The third-order valence-corrected chi connectivity index (χ3v) is 2.55. The maximum atomic E-state index is 11.0. The van der Waals surface area contributed by atoms with Crippen LogP contribution in [0.2, 0.25) is 0 Å². The molecule has 0 radical (unpaired) electrons. The highest BCUT2D eigenvalue weighted by Gasteiger charge is 2.26. The molecule has 1 aromatic carbocycles. The van der Waals surface area contributed by atoms with Gasteiger partial charge in [0.05, 0.1) is 12.0 Å². The number of anilines is 1. The molecule has 1 aromatic rings. The summed E-state index contributed by atoms with van der Waals surface area (Å²) in [5, 5.41) is 12.1. The van der Waals surface area contributed by atoms with E-state index in [4.69, 9.17) is 9.84 Å². The molecule has 1 rings (SSSR count). The number of rotatable bonds is 6. The molecule has 0 fully saturated rings. The van der Waals surface area contributed by atoms with Crippen molar-refractivity contribution < 1.29 is 14.6 Å². The highest BCUT2D eigenvalue weighted by Crippen LogP contribution is 2.18. The first kappa shape index (κ1) is 13.5. The fourth-order valence-electron chi connectivity index (χ4n) is 1.34. The first-order chi connectivity index (χ1) is 7.95. The number of carboxylic acid groups (broad SMARTS) is 1. The van der Waals surface area contributed by atoms with Gasteiger partial charge in [-0.15, -0.1) is 0 Å². The predicted octanol–water partition coefficient (Wildman–Crippen LogP) is 2.36. The van der Waals surface area contributed by atoms with E-state index in [2.05, 4.69) is 5.32 Å². The number of methoxy groups -OCH3 is 1.